The molecule has 0 aliphatic carbocycles. The van der Waals surface area contributed by atoms with Gasteiger partial charge < -0.3 is 20.4 Å². The Morgan fingerprint density at radius 2 is 1.29 bits per heavy atom. The van der Waals surface area contributed by atoms with Gasteiger partial charge in [-0.1, -0.05) is 39.8 Å². The van der Waals surface area contributed by atoms with Crippen LogP contribution in [0.25, 0.3) is 0 Å². The van der Waals surface area contributed by atoms with E-state index in [-0.39, 0.29) is 58.9 Å². The standard InChI is InChI=1S/C14H24N2O3S2.4C2H5O.Ti/c1-10-9-12(7-8-13(10)16-21(6,18)19)11(2)15-20(17)14(3,4)5;4*1-2-3;/h7-9,11,15-16H,1-6H3;4*2H2,1H3;/q;4*-1;+4/t11-,20-;;;;;/m1...../s1. The molecule has 0 aromatic heterocycles. The van der Waals surface area contributed by atoms with Crippen LogP contribution in [0.4, 0.5) is 5.69 Å². The summed E-state index contributed by atoms with van der Waals surface area (Å²) in [5.74, 6) is 0. The number of anilines is 1. The van der Waals surface area contributed by atoms with E-state index in [0.717, 1.165) is 17.4 Å². The van der Waals surface area contributed by atoms with E-state index >= 15 is 0 Å². The van der Waals surface area contributed by atoms with Crippen LogP contribution in [-0.4, -0.2) is 50.1 Å². The average molecular weight is 561 g/mol. The third-order valence-corrected chi connectivity index (χ3v) is 5.16. The van der Waals surface area contributed by atoms with Crippen molar-refractivity contribution in [2.75, 3.05) is 37.4 Å². The first kappa shape index (κ1) is 43.7. The largest absolute Gasteiger partial charge is 4.00 e. The van der Waals surface area contributed by atoms with Crippen molar-refractivity contribution in [3.63, 3.8) is 0 Å². The second-order valence-electron chi connectivity index (χ2n) is 7.32. The van der Waals surface area contributed by atoms with Crippen LogP contribution in [0.3, 0.4) is 0 Å². The molecule has 9 nitrogen and oxygen atoms in total. The maximum absolute atomic E-state index is 12.1. The topological polar surface area (TPSA) is 168 Å². The second-order valence-corrected chi connectivity index (χ2v) is 11.1. The van der Waals surface area contributed by atoms with Gasteiger partial charge in [0.15, 0.2) is 0 Å². The Morgan fingerprint density at radius 1 is 0.941 bits per heavy atom. The van der Waals surface area contributed by atoms with Gasteiger partial charge in [-0.15, -0.1) is 26.4 Å². The second kappa shape index (κ2) is 25.7. The molecule has 12 heteroatoms. The minimum absolute atomic E-state index is 0. The van der Waals surface area contributed by atoms with Gasteiger partial charge in [0.1, 0.15) is 0 Å². The van der Waals surface area contributed by atoms with Crippen LogP contribution in [-0.2, 0) is 42.7 Å². The molecule has 34 heavy (non-hydrogen) atoms. The minimum atomic E-state index is -3.29. The summed E-state index contributed by atoms with van der Waals surface area (Å²) >= 11 is 0. The monoisotopic (exact) mass is 560 g/mol. The third kappa shape index (κ3) is 29.7. The molecule has 200 valence electrons. The molecule has 0 saturated carbocycles. The molecule has 2 N–H and O–H groups in total. The third-order valence-electron chi connectivity index (χ3n) is 2.89. The van der Waals surface area contributed by atoms with Gasteiger partial charge in [0.2, 0.25) is 10.0 Å². The Labute approximate surface area is 225 Å². The summed E-state index contributed by atoms with van der Waals surface area (Å²) in [5.41, 5.74) is 2.35. The zero-order valence-corrected chi connectivity index (χ0v) is 25.5. The van der Waals surface area contributed by atoms with Crippen LogP contribution in [0.1, 0.15) is 72.6 Å². The first-order valence-corrected chi connectivity index (χ1v) is 13.7. The number of sulfonamides is 1. The van der Waals surface area contributed by atoms with Crippen LogP contribution >= 0.6 is 0 Å². The van der Waals surface area contributed by atoms with Crippen molar-refractivity contribution < 1.29 is 54.8 Å². The molecular weight excluding hydrogens is 516 g/mol. The van der Waals surface area contributed by atoms with Gasteiger partial charge in [0.05, 0.1) is 27.7 Å². The van der Waals surface area contributed by atoms with Crippen molar-refractivity contribution in [2.24, 2.45) is 0 Å². The maximum Gasteiger partial charge on any atom is 4.00 e. The molecule has 0 aliphatic heterocycles. The van der Waals surface area contributed by atoms with Gasteiger partial charge in [0.25, 0.3) is 0 Å². The zero-order valence-electron chi connectivity index (χ0n) is 22.3. The zero-order chi connectivity index (χ0) is 27.3. The predicted molar refractivity (Wildman–Crippen MR) is 131 cm³/mol. The maximum atomic E-state index is 12.1. The van der Waals surface area contributed by atoms with Crippen LogP contribution < -0.4 is 29.9 Å². The molecule has 0 radical (unpaired) electrons. The van der Waals surface area contributed by atoms with E-state index in [1.807, 2.05) is 46.8 Å². The Balaban J connectivity index is -0.000000181. The Bertz CT molecular complexity index is 706. The Hall–Kier alpha value is -0.366. The fourth-order valence-corrected chi connectivity index (χ4v) is 3.12. The molecule has 0 aliphatic rings. The van der Waals surface area contributed by atoms with E-state index in [0.29, 0.717) is 5.69 Å². The SMILES string of the molecule is CC[O-].CC[O-].CC[O-].CC[O-].Cc1cc([C@@H](C)N[S@](=O)C(C)(C)C)ccc1NS(C)(=O)=O.[Ti+4]. The van der Waals surface area contributed by atoms with E-state index in [1.54, 1.807) is 33.8 Å². The van der Waals surface area contributed by atoms with Crippen LogP contribution in [0.5, 0.6) is 0 Å². The summed E-state index contributed by atoms with van der Waals surface area (Å²) in [6.07, 6.45) is 1.12. The molecule has 0 amide bonds. The Kier molecular flexibility index (Phi) is 33.0. The first-order chi connectivity index (χ1) is 15.1. The summed E-state index contributed by atoms with van der Waals surface area (Å²) in [6.45, 7) is 15.8. The van der Waals surface area contributed by atoms with E-state index in [9.17, 15) is 12.6 Å². The number of benzene rings is 1. The summed E-state index contributed by atoms with van der Waals surface area (Å²) in [6, 6.07) is 5.36. The van der Waals surface area contributed by atoms with E-state index in [1.165, 1.54) is 0 Å². The summed E-state index contributed by atoms with van der Waals surface area (Å²) < 4.78 is 39.8. The first-order valence-electron chi connectivity index (χ1n) is 10.6. The van der Waals surface area contributed by atoms with E-state index in [4.69, 9.17) is 20.4 Å². The van der Waals surface area contributed by atoms with Crippen molar-refractivity contribution in [3.8, 4) is 0 Å². The Morgan fingerprint density at radius 3 is 1.56 bits per heavy atom. The molecule has 0 fully saturated rings. The van der Waals surface area contributed by atoms with Crippen LogP contribution in [0, 0.1) is 6.92 Å². The molecule has 0 spiro atoms. The minimum Gasteiger partial charge on any atom is -0.855 e. The van der Waals surface area contributed by atoms with Crippen molar-refractivity contribution in [3.05, 3.63) is 29.3 Å². The molecular formula is C22H44N2O7S2Ti. The van der Waals surface area contributed by atoms with Gasteiger partial charge in [0, 0.05) is 6.04 Å². The molecule has 1 aromatic rings. The van der Waals surface area contributed by atoms with Crippen molar-refractivity contribution in [1.29, 1.82) is 0 Å². The molecule has 0 heterocycles. The fourth-order valence-electron chi connectivity index (χ4n) is 1.68. The van der Waals surface area contributed by atoms with Gasteiger partial charge in [-0.05, 0) is 51.8 Å². The number of nitrogens with one attached hydrogen (secondary N) is 2. The molecule has 0 bridgehead atoms. The van der Waals surface area contributed by atoms with Crippen molar-refractivity contribution in [2.45, 2.75) is 73.1 Å². The number of aryl methyl sites for hydroxylation is 1. The molecule has 0 unspecified atom stereocenters. The number of hydrogen-bond donors (Lipinski definition) is 2. The van der Waals surface area contributed by atoms with E-state index < -0.39 is 21.0 Å². The van der Waals surface area contributed by atoms with Crippen molar-refractivity contribution in [1.82, 2.24) is 4.72 Å². The summed E-state index contributed by atoms with van der Waals surface area (Å²) in [5, 5.41) is 35.7. The van der Waals surface area contributed by atoms with Crippen LogP contribution in [0.2, 0.25) is 0 Å². The van der Waals surface area contributed by atoms with Crippen LogP contribution in [0.15, 0.2) is 18.2 Å². The quantitative estimate of drug-likeness (QED) is 0.476. The number of hydrogen-bond acceptors (Lipinski definition) is 7. The van der Waals surface area contributed by atoms with Gasteiger partial charge >= 0.3 is 21.7 Å². The summed E-state index contributed by atoms with van der Waals surface area (Å²) in [4.78, 5) is 0. The molecule has 1 rings (SSSR count). The van der Waals surface area contributed by atoms with Crippen molar-refractivity contribution >= 4 is 26.7 Å². The van der Waals surface area contributed by atoms with E-state index in [2.05, 4.69) is 9.44 Å². The van der Waals surface area contributed by atoms with Gasteiger partial charge in [-0.3, -0.25) is 4.72 Å². The average Bonchev–Trinajstić information content (AvgIpc) is 2.64. The normalized spacial score (nSPS) is 11.7. The van der Waals surface area contributed by atoms with Gasteiger partial charge in [-0.2, -0.15) is 0 Å². The summed E-state index contributed by atoms with van der Waals surface area (Å²) in [7, 11) is -4.44. The fraction of sp³-hybridized carbons (Fsp3) is 0.727. The molecule has 2 atom stereocenters. The van der Waals surface area contributed by atoms with Gasteiger partial charge in [-0.25, -0.2) is 17.3 Å². The molecule has 0 saturated heterocycles. The molecule has 1 aromatic carbocycles. The predicted octanol–water partition coefficient (Wildman–Crippen LogP) is -0.0568. The number of rotatable bonds is 5. The smallest absolute Gasteiger partial charge is 0.855 e.